The fourth-order valence-corrected chi connectivity index (χ4v) is 3.20. The predicted octanol–water partition coefficient (Wildman–Crippen LogP) is 1.17. The topological polar surface area (TPSA) is 81.7 Å². The molecule has 2 aliphatic rings. The average Bonchev–Trinajstić information content (AvgIpc) is 2.85. The normalized spacial score (nSPS) is 26.0. The van der Waals surface area contributed by atoms with Crippen molar-refractivity contribution >= 4 is 12.0 Å². The maximum atomic E-state index is 11.7. The summed E-state index contributed by atoms with van der Waals surface area (Å²) in [6.07, 6.45) is 6.12. The number of nitrogens with zero attached hydrogens (tertiary/aromatic N) is 1. The molecule has 6 heteroatoms. The molecule has 2 heterocycles. The minimum Gasteiger partial charge on any atom is -0.481 e. The van der Waals surface area contributed by atoms with Gasteiger partial charge in [0.15, 0.2) is 0 Å². The van der Waals surface area contributed by atoms with Gasteiger partial charge in [-0.1, -0.05) is 0 Å². The van der Waals surface area contributed by atoms with E-state index in [0.717, 1.165) is 19.4 Å². The van der Waals surface area contributed by atoms with Crippen LogP contribution >= 0.6 is 0 Å². The fraction of sp³-hybridized carbons (Fsp3) is 0.857. The van der Waals surface area contributed by atoms with E-state index in [4.69, 9.17) is 5.11 Å². The number of piperidine rings is 1. The minimum absolute atomic E-state index is 0.114. The summed E-state index contributed by atoms with van der Waals surface area (Å²) >= 11 is 0. The number of carboxylic acid groups (broad SMARTS) is 1. The van der Waals surface area contributed by atoms with Crippen molar-refractivity contribution in [1.82, 2.24) is 15.5 Å². The molecule has 2 unspecified atom stereocenters. The number of carbonyl (C=O) groups excluding carboxylic acids is 1. The largest absolute Gasteiger partial charge is 0.481 e. The summed E-state index contributed by atoms with van der Waals surface area (Å²) in [6, 6.07) is 0.828. The van der Waals surface area contributed by atoms with Crippen LogP contribution in [0.4, 0.5) is 4.79 Å². The molecular weight excluding hydrogens is 258 g/mol. The number of carboxylic acids is 1. The summed E-state index contributed by atoms with van der Waals surface area (Å²) in [7, 11) is 0. The predicted molar refractivity (Wildman–Crippen MR) is 75.6 cm³/mol. The standard InChI is InChI=1S/C14H25N3O3/c18-13(19)5-1-2-7-15-14(20)16-11-6-9-17-8-3-4-12(17)10-11/h11-12H,1-10H2,(H,18,19)(H2,15,16,20). The Morgan fingerprint density at radius 2 is 2.05 bits per heavy atom. The van der Waals surface area contributed by atoms with E-state index < -0.39 is 5.97 Å². The molecule has 20 heavy (non-hydrogen) atoms. The van der Waals surface area contributed by atoms with E-state index >= 15 is 0 Å². The molecule has 3 N–H and O–H groups in total. The van der Waals surface area contributed by atoms with Gasteiger partial charge in [0.2, 0.25) is 0 Å². The third kappa shape index (κ3) is 4.67. The van der Waals surface area contributed by atoms with Crippen LogP contribution in [0.3, 0.4) is 0 Å². The van der Waals surface area contributed by atoms with E-state index in [0.29, 0.717) is 25.4 Å². The van der Waals surface area contributed by atoms with Gasteiger partial charge < -0.3 is 20.6 Å². The highest BCUT2D eigenvalue weighted by atomic mass is 16.4. The van der Waals surface area contributed by atoms with Crippen molar-refractivity contribution in [3.63, 3.8) is 0 Å². The van der Waals surface area contributed by atoms with Gasteiger partial charge in [-0.2, -0.15) is 0 Å². The molecule has 0 aromatic rings. The van der Waals surface area contributed by atoms with Crippen molar-refractivity contribution in [2.75, 3.05) is 19.6 Å². The minimum atomic E-state index is -0.780. The molecule has 2 fully saturated rings. The second-order valence-electron chi connectivity index (χ2n) is 5.80. The summed E-state index contributed by atoms with van der Waals surface area (Å²) in [4.78, 5) is 24.6. The maximum absolute atomic E-state index is 11.7. The highest BCUT2D eigenvalue weighted by Gasteiger charge is 2.32. The Balaban J connectivity index is 1.56. The van der Waals surface area contributed by atoms with E-state index in [-0.39, 0.29) is 18.5 Å². The number of hydrogen-bond acceptors (Lipinski definition) is 3. The monoisotopic (exact) mass is 283 g/mol. The zero-order chi connectivity index (χ0) is 14.4. The number of nitrogens with one attached hydrogen (secondary N) is 2. The Labute approximate surface area is 119 Å². The number of amides is 2. The van der Waals surface area contributed by atoms with Gasteiger partial charge in [0.1, 0.15) is 0 Å². The van der Waals surface area contributed by atoms with Crippen molar-refractivity contribution < 1.29 is 14.7 Å². The molecule has 2 rings (SSSR count). The lowest BCUT2D eigenvalue weighted by Gasteiger charge is -2.35. The molecule has 0 aromatic carbocycles. The van der Waals surface area contributed by atoms with Crippen molar-refractivity contribution in [1.29, 1.82) is 0 Å². The van der Waals surface area contributed by atoms with Gasteiger partial charge >= 0.3 is 12.0 Å². The number of urea groups is 1. The Morgan fingerprint density at radius 3 is 2.85 bits per heavy atom. The summed E-state index contributed by atoms with van der Waals surface area (Å²) in [6.45, 7) is 2.85. The van der Waals surface area contributed by atoms with E-state index in [9.17, 15) is 9.59 Å². The number of aliphatic carboxylic acids is 1. The average molecular weight is 283 g/mol. The molecule has 0 aliphatic carbocycles. The van der Waals surface area contributed by atoms with Gasteiger partial charge in [-0.05, 0) is 45.1 Å². The van der Waals surface area contributed by atoms with Gasteiger partial charge in [0.25, 0.3) is 0 Å². The van der Waals surface area contributed by atoms with Gasteiger partial charge in [0.05, 0.1) is 0 Å². The van der Waals surface area contributed by atoms with Crippen LogP contribution in [0.25, 0.3) is 0 Å². The lowest BCUT2D eigenvalue weighted by atomic mass is 9.98. The van der Waals surface area contributed by atoms with E-state index in [1.807, 2.05) is 0 Å². The molecule has 2 aliphatic heterocycles. The van der Waals surface area contributed by atoms with Gasteiger partial charge in [-0.15, -0.1) is 0 Å². The highest BCUT2D eigenvalue weighted by molar-refractivity contribution is 5.74. The third-order valence-electron chi connectivity index (χ3n) is 4.26. The quantitative estimate of drug-likeness (QED) is 0.639. The van der Waals surface area contributed by atoms with Crippen LogP contribution in [0.5, 0.6) is 0 Å². The van der Waals surface area contributed by atoms with Gasteiger partial charge in [-0.25, -0.2) is 4.79 Å². The molecule has 0 spiro atoms. The SMILES string of the molecule is O=C(O)CCCCNC(=O)NC1CCN2CCCC2C1. The molecule has 2 atom stereocenters. The smallest absolute Gasteiger partial charge is 0.315 e. The van der Waals surface area contributed by atoms with Crippen molar-refractivity contribution in [2.45, 2.75) is 57.0 Å². The zero-order valence-electron chi connectivity index (χ0n) is 11.9. The van der Waals surface area contributed by atoms with Crippen LogP contribution in [0.1, 0.15) is 44.9 Å². The van der Waals surface area contributed by atoms with Crippen molar-refractivity contribution in [3.05, 3.63) is 0 Å². The van der Waals surface area contributed by atoms with Crippen LogP contribution in [0.2, 0.25) is 0 Å². The summed E-state index contributed by atoms with van der Waals surface area (Å²) in [5.74, 6) is -0.780. The molecule has 0 aromatic heterocycles. The van der Waals surface area contributed by atoms with Crippen LogP contribution in [-0.4, -0.2) is 53.7 Å². The Kier molecular flexibility index (Phi) is 5.64. The van der Waals surface area contributed by atoms with Crippen LogP contribution in [0, 0.1) is 0 Å². The molecule has 0 bridgehead atoms. The summed E-state index contributed by atoms with van der Waals surface area (Å²) < 4.78 is 0. The van der Waals surface area contributed by atoms with E-state index in [1.165, 1.54) is 19.4 Å². The van der Waals surface area contributed by atoms with Gasteiger partial charge in [0, 0.05) is 31.6 Å². The first-order valence-electron chi connectivity index (χ1n) is 7.65. The number of fused-ring (bicyclic) bond motifs is 1. The van der Waals surface area contributed by atoms with Crippen LogP contribution < -0.4 is 10.6 Å². The Morgan fingerprint density at radius 1 is 1.20 bits per heavy atom. The maximum Gasteiger partial charge on any atom is 0.315 e. The third-order valence-corrected chi connectivity index (χ3v) is 4.26. The summed E-state index contributed by atoms with van der Waals surface area (Å²) in [5.41, 5.74) is 0. The number of carbonyl (C=O) groups is 2. The molecule has 0 saturated carbocycles. The van der Waals surface area contributed by atoms with Crippen LogP contribution in [0.15, 0.2) is 0 Å². The number of unbranched alkanes of at least 4 members (excludes halogenated alkanes) is 1. The number of hydrogen-bond donors (Lipinski definition) is 3. The molecule has 0 radical (unpaired) electrons. The van der Waals surface area contributed by atoms with E-state index in [1.54, 1.807) is 0 Å². The van der Waals surface area contributed by atoms with Crippen molar-refractivity contribution in [3.8, 4) is 0 Å². The lowest BCUT2D eigenvalue weighted by molar-refractivity contribution is -0.137. The molecule has 114 valence electrons. The van der Waals surface area contributed by atoms with Crippen LogP contribution in [-0.2, 0) is 4.79 Å². The number of rotatable bonds is 6. The highest BCUT2D eigenvalue weighted by Crippen LogP contribution is 2.26. The fourth-order valence-electron chi connectivity index (χ4n) is 3.20. The zero-order valence-corrected chi connectivity index (χ0v) is 11.9. The van der Waals surface area contributed by atoms with Crippen molar-refractivity contribution in [2.24, 2.45) is 0 Å². The first-order chi connectivity index (χ1) is 9.65. The lowest BCUT2D eigenvalue weighted by Crippen LogP contribution is -2.50. The molecule has 6 nitrogen and oxygen atoms in total. The first-order valence-corrected chi connectivity index (χ1v) is 7.65. The Bertz CT molecular complexity index is 349. The van der Waals surface area contributed by atoms with Gasteiger partial charge in [-0.3, -0.25) is 4.79 Å². The molecule has 2 amide bonds. The Hall–Kier alpha value is -1.30. The molecular formula is C14H25N3O3. The second-order valence-corrected chi connectivity index (χ2v) is 5.80. The summed E-state index contributed by atoms with van der Waals surface area (Å²) in [5, 5.41) is 14.4. The molecule has 2 saturated heterocycles. The van der Waals surface area contributed by atoms with E-state index in [2.05, 4.69) is 15.5 Å². The first kappa shape index (κ1) is 15.1. The second kappa shape index (κ2) is 7.47.